The van der Waals surface area contributed by atoms with E-state index >= 15 is 0 Å². The number of rotatable bonds is 3. The number of aromatic nitrogens is 1. The molecule has 4 N–H and O–H groups in total. The Bertz CT molecular complexity index is 422. The SMILES string of the molecule is CNC(=O)CNC(=O)c1nc(N)ccc1Cl. The molecule has 1 heterocycles. The molecule has 0 aromatic carbocycles. The van der Waals surface area contributed by atoms with Crippen LogP contribution in [0, 0.1) is 0 Å². The summed E-state index contributed by atoms with van der Waals surface area (Å²) in [4.78, 5) is 26.2. The van der Waals surface area contributed by atoms with Gasteiger partial charge in [-0.15, -0.1) is 0 Å². The molecule has 0 spiro atoms. The van der Waals surface area contributed by atoms with Crippen LogP contribution in [0.1, 0.15) is 10.5 Å². The number of amides is 2. The lowest BCUT2D eigenvalue weighted by atomic mass is 10.3. The van der Waals surface area contributed by atoms with Crippen LogP contribution in [0.15, 0.2) is 12.1 Å². The van der Waals surface area contributed by atoms with E-state index in [0.717, 1.165) is 0 Å². The highest BCUT2D eigenvalue weighted by atomic mass is 35.5. The topological polar surface area (TPSA) is 97.1 Å². The number of nitrogen functional groups attached to an aromatic ring is 1. The van der Waals surface area contributed by atoms with Crippen molar-refractivity contribution in [1.82, 2.24) is 15.6 Å². The van der Waals surface area contributed by atoms with Crippen LogP contribution < -0.4 is 16.4 Å². The number of carbonyl (C=O) groups is 2. The minimum atomic E-state index is -0.541. The van der Waals surface area contributed by atoms with E-state index in [1.165, 1.54) is 19.2 Å². The summed E-state index contributed by atoms with van der Waals surface area (Å²) in [6, 6.07) is 2.95. The molecule has 0 saturated heterocycles. The molecule has 0 aliphatic heterocycles. The van der Waals surface area contributed by atoms with Crippen molar-refractivity contribution >= 4 is 29.2 Å². The first-order valence-electron chi connectivity index (χ1n) is 4.45. The maximum Gasteiger partial charge on any atom is 0.271 e. The summed E-state index contributed by atoms with van der Waals surface area (Å²) in [7, 11) is 1.47. The number of anilines is 1. The largest absolute Gasteiger partial charge is 0.384 e. The standard InChI is InChI=1S/C9H11ClN4O2/c1-12-7(15)4-13-9(16)8-5(10)2-3-6(11)14-8/h2-3H,4H2,1H3,(H2,11,14)(H,12,15)(H,13,16). The smallest absolute Gasteiger partial charge is 0.271 e. The van der Waals surface area contributed by atoms with Crippen molar-refractivity contribution in [1.29, 1.82) is 0 Å². The molecule has 1 rings (SSSR count). The molecule has 0 bridgehead atoms. The second-order valence-corrected chi connectivity index (χ2v) is 3.33. The Morgan fingerprint density at radius 1 is 1.50 bits per heavy atom. The first kappa shape index (κ1) is 12.3. The summed E-state index contributed by atoms with van der Waals surface area (Å²) in [6.45, 7) is -0.137. The van der Waals surface area contributed by atoms with Gasteiger partial charge in [-0.2, -0.15) is 0 Å². The Balaban J connectivity index is 2.73. The number of likely N-dealkylation sites (N-methyl/N-ethyl adjacent to an activating group) is 1. The van der Waals surface area contributed by atoms with Gasteiger partial charge in [-0.3, -0.25) is 9.59 Å². The van der Waals surface area contributed by atoms with E-state index in [4.69, 9.17) is 17.3 Å². The molecule has 2 amide bonds. The van der Waals surface area contributed by atoms with Crippen molar-refractivity contribution in [3.63, 3.8) is 0 Å². The molecule has 0 aliphatic carbocycles. The summed E-state index contributed by atoms with van der Waals surface area (Å²) >= 11 is 5.76. The second-order valence-electron chi connectivity index (χ2n) is 2.92. The number of nitrogens with one attached hydrogen (secondary N) is 2. The van der Waals surface area contributed by atoms with Gasteiger partial charge >= 0.3 is 0 Å². The molecule has 7 heteroatoms. The predicted molar refractivity (Wildman–Crippen MR) is 60.1 cm³/mol. The molecule has 1 aromatic heterocycles. The lowest BCUT2D eigenvalue weighted by Gasteiger charge is -2.05. The molecule has 0 radical (unpaired) electrons. The average Bonchev–Trinajstić information content (AvgIpc) is 2.28. The van der Waals surface area contributed by atoms with Crippen molar-refractivity contribution in [2.45, 2.75) is 0 Å². The van der Waals surface area contributed by atoms with Gasteiger partial charge < -0.3 is 16.4 Å². The van der Waals surface area contributed by atoms with Gasteiger partial charge in [0.15, 0.2) is 0 Å². The summed E-state index contributed by atoms with van der Waals surface area (Å²) < 4.78 is 0. The highest BCUT2D eigenvalue weighted by Gasteiger charge is 2.13. The van der Waals surface area contributed by atoms with Gasteiger partial charge in [-0.05, 0) is 12.1 Å². The third-order valence-corrected chi connectivity index (χ3v) is 2.08. The maximum absolute atomic E-state index is 11.5. The number of hydrogen-bond acceptors (Lipinski definition) is 4. The van der Waals surface area contributed by atoms with Gasteiger partial charge in [-0.25, -0.2) is 4.98 Å². The molecule has 0 aliphatic rings. The highest BCUT2D eigenvalue weighted by Crippen LogP contribution is 2.14. The summed E-state index contributed by atoms with van der Waals surface area (Å²) in [5.41, 5.74) is 5.42. The van der Waals surface area contributed by atoms with E-state index < -0.39 is 5.91 Å². The van der Waals surface area contributed by atoms with E-state index in [2.05, 4.69) is 15.6 Å². The van der Waals surface area contributed by atoms with E-state index in [-0.39, 0.29) is 29.0 Å². The van der Waals surface area contributed by atoms with E-state index in [1.54, 1.807) is 0 Å². The summed E-state index contributed by atoms with van der Waals surface area (Å²) in [6.07, 6.45) is 0. The molecular weight excluding hydrogens is 232 g/mol. The number of carbonyl (C=O) groups excluding carboxylic acids is 2. The van der Waals surface area contributed by atoms with Crippen LogP contribution in [0.4, 0.5) is 5.82 Å². The monoisotopic (exact) mass is 242 g/mol. The van der Waals surface area contributed by atoms with Gasteiger partial charge in [0.05, 0.1) is 11.6 Å². The molecule has 0 fully saturated rings. The molecule has 0 saturated carbocycles. The molecule has 86 valence electrons. The number of nitrogens with two attached hydrogens (primary N) is 1. The molecule has 6 nitrogen and oxygen atoms in total. The highest BCUT2D eigenvalue weighted by molar-refractivity contribution is 6.33. The molecule has 0 atom stereocenters. The minimum absolute atomic E-state index is 0.00516. The Morgan fingerprint density at radius 3 is 2.81 bits per heavy atom. The summed E-state index contributed by atoms with van der Waals surface area (Å²) in [5, 5.41) is 4.91. The Kier molecular flexibility index (Phi) is 4.07. The first-order chi connectivity index (χ1) is 7.54. The van der Waals surface area contributed by atoms with Crippen LogP contribution in [0.25, 0.3) is 0 Å². The Morgan fingerprint density at radius 2 is 2.19 bits per heavy atom. The average molecular weight is 243 g/mol. The maximum atomic E-state index is 11.5. The van der Waals surface area contributed by atoms with Crippen molar-refractivity contribution in [3.05, 3.63) is 22.8 Å². The lowest BCUT2D eigenvalue weighted by Crippen LogP contribution is -2.35. The number of halogens is 1. The third-order valence-electron chi connectivity index (χ3n) is 1.77. The van der Waals surface area contributed by atoms with Gasteiger partial charge in [0.2, 0.25) is 5.91 Å². The normalized spacial score (nSPS) is 9.62. The zero-order valence-corrected chi connectivity index (χ0v) is 9.34. The van der Waals surface area contributed by atoms with Crippen LogP contribution in [0.3, 0.4) is 0 Å². The number of hydrogen-bond donors (Lipinski definition) is 3. The fourth-order valence-corrected chi connectivity index (χ4v) is 1.14. The molecule has 0 unspecified atom stereocenters. The Hall–Kier alpha value is -1.82. The molecule has 16 heavy (non-hydrogen) atoms. The van der Waals surface area contributed by atoms with Crippen LogP contribution in [-0.4, -0.2) is 30.4 Å². The van der Waals surface area contributed by atoms with Gasteiger partial charge in [0, 0.05) is 7.05 Å². The lowest BCUT2D eigenvalue weighted by molar-refractivity contribution is -0.119. The van der Waals surface area contributed by atoms with Crippen molar-refractivity contribution < 1.29 is 9.59 Å². The fraction of sp³-hybridized carbons (Fsp3) is 0.222. The molecule has 1 aromatic rings. The first-order valence-corrected chi connectivity index (χ1v) is 4.83. The van der Waals surface area contributed by atoms with Crippen molar-refractivity contribution in [3.8, 4) is 0 Å². The predicted octanol–water partition coefficient (Wildman–Crippen LogP) is -0.207. The van der Waals surface area contributed by atoms with Gasteiger partial charge in [0.1, 0.15) is 11.5 Å². The van der Waals surface area contributed by atoms with Gasteiger partial charge in [-0.1, -0.05) is 11.6 Å². The van der Waals surface area contributed by atoms with Crippen LogP contribution >= 0.6 is 11.6 Å². The second kappa shape index (κ2) is 5.32. The third kappa shape index (κ3) is 3.09. The minimum Gasteiger partial charge on any atom is -0.384 e. The van der Waals surface area contributed by atoms with E-state index in [1.807, 2.05) is 0 Å². The fourth-order valence-electron chi connectivity index (χ4n) is 0.949. The zero-order chi connectivity index (χ0) is 12.1. The van der Waals surface area contributed by atoms with Crippen molar-refractivity contribution in [2.24, 2.45) is 0 Å². The van der Waals surface area contributed by atoms with Crippen LogP contribution in [0.5, 0.6) is 0 Å². The number of pyridine rings is 1. The molecular formula is C9H11ClN4O2. The van der Waals surface area contributed by atoms with Crippen LogP contribution in [0.2, 0.25) is 5.02 Å². The zero-order valence-electron chi connectivity index (χ0n) is 8.58. The van der Waals surface area contributed by atoms with Crippen molar-refractivity contribution in [2.75, 3.05) is 19.3 Å². The summed E-state index contributed by atoms with van der Waals surface area (Å²) in [5.74, 6) is -0.663. The Labute approximate surface area is 97.2 Å². The van der Waals surface area contributed by atoms with Crippen LogP contribution in [-0.2, 0) is 4.79 Å². The van der Waals surface area contributed by atoms with E-state index in [9.17, 15) is 9.59 Å². The van der Waals surface area contributed by atoms with E-state index in [0.29, 0.717) is 0 Å². The number of nitrogens with zero attached hydrogens (tertiary/aromatic N) is 1. The quantitative estimate of drug-likeness (QED) is 0.683. The van der Waals surface area contributed by atoms with Gasteiger partial charge in [0.25, 0.3) is 5.91 Å².